The SMILES string of the molecule is CCOC(=O)C[C@@H]1NC(=O)[C@H](n2cc(CCN3CC(F)C3)c(C(F)(F)F)cc2=O)c2cccc(c2)Cc2cccc(C)c2-c2cc(C)c(F)c1c2. The van der Waals surface area contributed by atoms with Crippen molar-refractivity contribution in [3.8, 4) is 11.1 Å². The summed E-state index contributed by atoms with van der Waals surface area (Å²) in [7, 11) is 0. The Morgan fingerprint density at radius 2 is 1.75 bits per heavy atom. The van der Waals surface area contributed by atoms with Crippen LogP contribution in [0.5, 0.6) is 0 Å². The predicted molar refractivity (Wildman–Crippen MR) is 182 cm³/mol. The number of carbonyl (C=O) groups is 2. The molecule has 4 bridgehead atoms. The number of likely N-dealkylation sites (tertiary alicyclic amines) is 1. The van der Waals surface area contributed by atoms with E-state index in [1.54, 1.807) is 49.1 Å². The minimum Gasteiger partial charge on any atom is -0.466 e. The number of hydrogen-bond donors (Lipinski definition) is 1. The standard InChI is InChI=1S/C39H38F5N3O4/c1-4-51-34(49)18-32-30-16-28(13-23(3)36(30)41)35-22(2)7-5-9-25(35)14-24-8-6-10-26(15-24)37(38(50)45-32)47-19-27(11-12-46-20-29(40)21-46)31(17-33(47)48)39(42,43)44/h5-10,13,15-17,19,29,32,37H,4,11-12,14,18,20-21H2,1-3H3,(H,45,50)/t32-,37+/m0/s1. The van der Waals surface area contributed by atoms with Gasteiger partial charge < -0.3 is 10.1 Å². The molecule has 0 aliphatic carbocycles. The van der Waals surface area contributed by atoms with Crippen molar-refractivity contribution in [2.45, 2.75) is 64.5 Å². The molecule has 0 unspecified atom stereocenters. The van der Waals surface area contributed by atoms with E-state index in [1.807, 2.05) is 31.2 Å². The molecule has 7 nitrogen and oxygen atoms in total. The number of alkyl halides is 4. The third-order valence-electron chi connectivity index (χ3n) is 9.56. The van der Waals surface area contributed by atoms with Gasteiger partial charge >= 0.3 is 12.1 Å². The number of esters is 1. The van der Waals surface area contributed by atoms with Crippen molar-refractivity contribution in [2.75, 3.05) is 26.2 Å². The Balaban J connectivity index is 1.55. The fourth-order valence-electron chi connectivity index (χ4n) is 7.12. The van der Waals surface area contributed by atoms with Crippen LogP contribution in [0.4, 0.5) is 22.0 Å². The first-order chi connectivity index (χ1) is 24.2. The van der Waals surface area contributed by atoms with E-state index in [9.17, 15) is 31.9 Å². The Hall–Kier alpha value is -4.84. The summed E-state index contributed by atoms with van der Waals surface area (Å²) in [5, 5.41) is 2.77. The number of rotatable bonds is 7. The number of hydrogen-bond acceptors (Lipinski definition) is 5. The van der Waals surface area contributed by atoms with Gasteiger partial charge in [-0.3, -0.25) is 23.9 Å². The summed E-state index contributed by atoms with van der Waals surface area (Å²) in [5.74, 6) is -2.20. The molecule has 0 radical (unpaired) electrons. The van der Waals surface area contributed by atoms with Crippen LogP contribution < -0.4 is 10.9 Å². The zero-order chi connectivity index (χ0) is 36.6. The van der Waals surface area contributed by atoms with Gasteiger partial charge in [-0.25, -0.2) is 8.78 Å². The van der Waals surface area contributed by atoms with Crippen molar-refractivity contribution in [1.29, 1.82) is 0 Å². The van der Waals surface area contributed by atoms with Gasteiger partial charge in [-0.1, -0.05) is 42.5 Å². The Morgan fingerprint density at radius 1 is 1.00 bits per heavy atom. The number of aryl methyl sites for hydroxylation is 2. The summed E-state index contributed by atoms with van der Waals surface area (Å²) in [6.45, 7) is 5.49. The van der Waals surface area contributed by atoms with Gasteiger partial charge in [-0.05, 0) is 90.3 Å². The highest BCUT2D eigenvalue weighted by Crippen LogP contribution is 2.37. The summed E-state index contributed by atoms with van der Waals surface area (Å²) >= 11 is 0. The molecule has 2 atom stereocenters. The maximum Gasteiger partial charge on any atom is 0.416 e. The smallest absolute Gasteiger partial charge is 0.416 e. The average Bonchev–Trinajstić information content (AvgIpc) is 3.04. The molecule has 1 N–H and O–H groups in total. The van der Waals surface area contributed by atoms with Gasteiger partial charge in [-0.15, -0.1) is 0 Å². The van der Waals surface area contributed by atoms with E-state index in [2.05, 4.69) is 5.32 Å². The summed E-state index contributed by atoms with van der Waals surface area (Å²) in [6, 6.07) is 13.7. The molecule has 2 aliphatic rings. The van der Waals surface area contributed by atoms with Crippen molar-refractivity contribution in [2.24, 2.45) is 0 Å². The molecule has 268 valence electrons. The number of carbonyl (C=O) groups excluding carboxylic acids is 2. The third kappa shape index (κ3) is 7.61. The normalized spacial score (nSPS) is 18.1. The maximum atomic E-state index is 16.1. The molecular formula is C39H38F5N3O4. The number of amides is 1. The lowest BCUT2D eigenvalue weighted by Crippen LogP contribution is -2.49. The summed E-state index contributed by atoms with van der Waals surface area (Å²) in [6.07, 6.45) is -5.10. The first-order valence-corrected chi connectivity index (χ1v) is 16.9. The second-order valence-electron chi connectivity index (χ2n) is 13.3. The van der Waals surface area contributed by atoms with Crippen molar-refractivity contribution < 1.29 is 36.3 Å². The number of nitrogens with one attached hydrogen (secondary N) is 1. The molecule has 3 aromatic carbocycles. The van der Waals surface area contributed by atoms with E-state index in [0.29, 0.717) is 23.6 Å². The number of pyridine rings is 1. The van der Waals surface area contributed by atoms with Crippen molar-refractivity contribution >= 4 is 11.9 Å². The van der Waals surface area contributed by atoms with Crippen LogP contribution in [0.3, 0.4) is 0 Å². The van der Waals surface area contributed by atoms with Crippen LogP contribution in [-0.2, 0) is 33.3 Å². The molecule has 1 aromatic heterocycles. The fourth-order valence-corrected chi connectivity index (χ4v) is 7.12. The molecule has 6 rings (SSSR count). The minimum atomic E-state index is -4.87. The molecule has 3 heterocycles. The highest BCUT2D eigenvalue weighted by Gasteiger charge is 2.37. The summed E-state index contributed by atoms with van der Waals surface area (Å²) in [5.41, 5.74) is 2.25. The van der Waals surface area contributed by atoms with Crippen LogP contribution in [0.25, 0.3) is 11.1 Å². The number of fused-ring (bicyclic) bond motifs is 6. The quantitative estimate of drug-likeness (QED) is 0.169. The van der Waals surface area contributed by atoms with Crippen LogP contribution in [0.1, 0.15) is 69.9 Å². The van der Waals surface area contributed by atoms with E-state index in [0.717, 1.165) is 33.0 Å². The van der Waals surface area contributed by atoms with E-state index >= 15 is 4.39 Å². The van der Waals surface area contributed by atoms with Gasteiger partial charge in [0.25, 0.3) is 5.56 Å². The number of halogens is 5. The zero-order valence-corrected chi connectivity index (χ0v) is 28.4. The zero-order valence-electron chi connectivity index (χ0n) is 28.4. The van der Waals surface area contributed by atoms with Gasteiger partial charge in [-0.2, -0.15) is 13.2 Å². The van der Waals surface area contributed by atoms with Gasteiger partial charge in [0.05, 0.1) is 24.6 Å². The summed E-state index contributed by atoms with van der Waals surface area (Å²) < 4.78 is 78.5. The molecule has 1 amide bonds. The molecule has 4 aromatic rings. The first kappa shape index (κ1) is 36.0. The molecule has 0 spiro atoms. The summed E-state index contributed by atoms with van der Waals surface area (Å²) in [4.78, 5) is 42.7. The van der Waals surface area contributed by atoms with Crippen molar-refractivity contribution in [3.63, 3.8) is 0 Å². The third-order valence-corrected chi connectivity index (χ3v) is 9.56. The van der Waals surface area contributed by atoms with Gasteiger partial charge in [0.1, 0.15) is 18.0 Å². The van der Waals surface area contributed by atoms with Gasteiger partial charge in [0, 0.05) is 37.5 Å². The van der Waals surface area contributed by atoms with E-state index in [1.165, 1.54) is 0 Å². The largest absolute Gasteiger partial charge is 0.466 e. The molecule has 0 saturated carbocycles. The van der Waals surface area contributed by atoms with Crippen LogP contribution in [0, 0.1) is 19.7 Å². The molecule has 51 heavy (non-hydrogen) atoms. The van der Waals surface area contributed by atoms with Crippen LogP contribution in [0.2, 0.25) is 0 Å². The highest BCUT2D eigenvalue weighted by atomic mass is 19.4. The van der Waals surface area contributed by atoms with Crippen LogP contribution >= 0.6 is 0 Å². The lowest BCUT2D eigenvalue weighted by atomic mass is 9.88. The Kier molecular flexibility index (Phi) is 10.2. The van der Waals surface area contributed by atoms with Gasteiger partial charge in [0.2, 0.25) is 5.91 Å². The van der Waals surface area contributed by atoms with Crippen LogP contribution in [0.15, 0.2) is 71.7 Å². The predicted octanol–water partition coefficient (Wildman–Crippen LogP) is 6.79. The second-order valence-corrected chi connectivity index (χ2v) is 13.3. The van der Waals surface area contributed by atoms with E-state index in [-0.39, 0.29) is 49.4 Å². The Labute approximate surface area is 292 Å². The maximum absolute atomic E-state index is 16.1. The second kappa shape index (κ2) is 14.4. The molecule has 2 aliphatic heterocycles. The Morgan fingerprint density at radius 3 is 2.45 bits per heavy atom. The number of ether oxygens (including phenoxy) is 1. The monoisotopic (exact) mass is 707 g/mol. The van der Waals surface area contributed by atoms with Crippen LogP contribution in [-0.4, -0.2) is 53.8 Å². The van der Waals surface area contributed by atoms with Gasteiger partial charge in [0.15, 0.2) is 0 Å². The average molecular weight is 708 g/mol. The van der Waals surface area contributed by atoms with E-state index in [4.69, 9.17) is 4.74 Å². The first-order valence-electron chi connectivity index (χ1n) is 16.9. The number of nitrogens with zero attached hydrogens (tertiary/aromatic N) is 2. The minimum absolute atomic E-state index is 0.0199. The lowest BCUT2D eigenvalue weighted by molar-refractivity contribution is -0.144. The highest BCUT2D eigenvalue weighted by molar-refractivity contribution is 5.85. The molecule has 12 heteroatoms. The number of aromatic nitrogens is 1. The topological polar surface area (TPSA) is 80.6 Å². The Bertz CT molecular complexity index is 2040. The molecule has 1 saturated heterocycles. The molecule has 1 fully saturated rings. The number of benzene rings is 3. The van der Waals surface area contributed by atoms with Crippen molar-refractivity contribution in [1.82, 2.24) is 14.8 Å². The van der Waals surface area contributed by atoms with E-state index < -0.39 is 59.7 Å². The van der Waals surface area contributed by atoms with Crippen molar-refractivity contribution in [3.05, 3.63) is 128 Å². The lowest BCUT2D eigenvalue weighted by Gasteiger charge is -2.34. The molecular weight excluding hydrogens is 669 g/mol. The fraction of sp³-hybridized carbons (Fsp3) is 0.359.